The number of rotatable bonds is 6. The topological polar surface area (TPSA) is 120 Å². The number of terminal acetylenes is 1. The molecule has 4 rings (SSSR count). The number of nitrogens with two attached hydrogens (primary N) is 1. The van der Waals surface area contributed by atoms with E-state index in [4.69, 9.17) is 23.8 Å². The number of alkyl halides is 3. The Morgan fingerprint density at radius 1 is 1.31 bits per heavy atom. The van der Waals surface area contributed by atoms with E-state index in [2.05, 4.69) is 26.6 Å². The number of aromatic nitrogens is 4. The van der Waals surface area contributed by atoms with Crippen molar-refractivity contribution in [2.75, 3.05) is 5.32 Å². The van der Waals surface area contributed by atoms with E-state index in [1.807, 2.05) is 0 Å². The van der Waals surface area contributed by atoms with Crippen molar-refractivity contribution in [1.82, 2.24) is 24.6 Å². The second kappa shape index (κ2) is 9.67. The van der Waals surface area contributed by atoms with Gasteiger partial charge in [-0.1, -0.05) is 17.5 Å². The predicted octanol–water partition coefficient (Wildman–Crippen LogP) is 3.06. The minimum absolute atomic E-state index is 0.00269. The normalized spacial score (nSPS) is 17.2. The van der Waals surface area contributed by atoms with Gasteiger partial charge in [0, 0.05) is 31.0 Å². The summed E-state index contributed by atoms with van der Waals surface area (Å²) in [5, 5.41) is 9.07. The van der Waals surface area contributed by atoms with Gasteiger partial charge in [-0.05, 0) is 31.0 Å². The Balaban J connectivity index is 1.52. The van der Waals surface area contributed by atoms with Crippen LogP contribution in [0.2, 0.25) is 5.02 Å². The average molecular weight is 520 g/mol. The van der Waals surface area contributed by atoms with E-state index in [0.29, 0.717) is 12.8 Å². The van der Waals surface area contributed by atoms with Gasteiger partial charge in [0.2, 0.25) is 0 Å². The van der Waals surface area contributed by atoms with Gasteiger partial charge < -0.3 is 20.9 Å². The van der Waals surface area contributed by atoms with Crippen LogP contribution in [0.5, 0.6) is 0 Å². The molecule has 2 heterocycles. The first-order valence-electron chi connectivity index (χ1n) is 10.8. The maximum atomic E-state index is 13.5. The summed E-state index contributed by atoms with van der Waals surface area (Å²) in [5.41, 5.74) is 4.85. The first-order chi connectivity index (χ1) is 17.0. The zero-order valence-electron chi connectivity index (χ0n) is 18.9. The molecule has 2 amide bonds. The lowest BCUT2D eigenvalue weighted by Crippen LogP contribution is -2.50. The van der Waals surface area contributed by atoms with Crippen molar-refractivity contribution in [1.29, 1.82) is 0 Å². The largest absolute Gasteiger partial charge is 0.435 e. The molecule has 13 heteroatoms. The van der Waals surface area contributed by atoms with Crippen molar-refractivity contribution in [3.63, 3.8) is 0 Å². The number of hydrogen-bond donors (Lipinski definition) is 3. The number of anilines is 1. The molecule has 3 aromatic rings. The van der Waals surface area contributed by atoms with Gasteiger partial charge in [-0.2, -0.15) is 18.3 Å². The molecule has 0 atom stereocenters. The first-order valence-corrected chi connectivity index (χ1v) is 11.1. The molecule has 36 heavy (non-hydrogen) atoms. The molecule has 0 bridgehead atoms. The molecule has 0 spiro atoms. The third kappa shape index (κ3) is 5.07. The average Bonchev–Trinajstić information content (AvgIpc) is 3.36. The van der Waals surface area contributed by atoms with Crippen LogP contribution in [0.25, 0.3) is 11.3 Å². The van der Waals surface area contributed by atoms with Crippen LogP contribution in [0.15, 0.2) is 30.6 Å². The zero-order valence-corrected chi connectivity index (χ0v) is 19.7. The lowest BCUT2D eigenvalue weighted by atomic mass is 9.87. The number of carbonyl (C=O) groups is 2. The summed E-state index contributed by atoms with van der Waals surface area (Å²) in [4.78, 5) is 29.2. The molecule has 1 aliphatic rings. The smallest absolute Gasteiger partial charge is 0.349 e. The van der Waals surface area contributed by atoms with E-state index < -0.39 is 17.8 Å². The lowest BCUT2D eigenvalue weighted by Gasteiger charge is -2.33. The van der Waals surface area contributed by atoms with Crippen LogP contribution < -0.4 is 16.4 Å². The fourth-order valence-corrected chi connectivity index (χ4v) is 4.14. The Hall–Kier alpha value is -3.82. The standard InChI is InChI=1S/C23H21ClF3N7O2/c1-3-6-34-11-16(19(32-34)23(25,26)27)18-10-29-20(33(18)2)22(36)30-13-4-5-15(17(24)9-13)21(35)31-14-7-12(28)8-14/h1,4-5,9-12,14H,6-8,28H2,2H3,(H,30,36)(H,31,35)/t12-,14+. The molecule has 2 aromatic heterocycles. The van der Waals surface area contributed by atoms with Gasteiger partial charge in [-0.25, -0.2) is 4.98 Å². The number of hydrogen-bond acceptors (Lipinski definition) is 5. The van der Waals surface area contributed by atoms with Gasteiger partial charge >= 0.3 is 6.18 Å². The van der Waals surface area contributed by atoms with Gasteiger partial charge in [0.25, 0.3) is 11.8 Å². The van der Waals surface area contributed by atoms with Crippen LogP contribution >= 0.6 is 11.6 Å². The maximum absolute atomic E-state index is 13.5. The highest BCUT2D eigenvalue weighted by molar-refractivity contribution is 6.34. The van der Waals surface area contributed by atoms with E-state index in [1.165, 1.54) is 29.8 Å². The van der Waals surface area contributed by atoms with Crippen molar-refractivity contribution in [2.24, 2.45) is 12.8 Å². The molecule has 188 valence electrons. The Labute approximate surface area is 208 Å². The van der Waals surface area contributed by atoms with Crippen LogP contribution in [-0.2, 0) is 19.8 Å². The summed E-state index contributed by atoms with van der Waals surface area (Å²) < 4.78 is 42.8. The molecule has 4 N–H and O–H groups in total. The Morgan fingerprint density at radius 2 is 2.03 bits per heavy atom. The van der Waals surface area contributed by atoms with Crippen molar-refractivity contribution < 1.29 is 22.8 Å². The molecule has 0 aliphatic heterocycles. The van der Waals surface area contributed by atoms with E-state index in [9.17, 15) is 22.8 Å². The van der Waals surface area contributed by atoms with E-state index >= 15 is 0 Å². The number of carbonyl (C=O) groups excluding carboxylic acids is 2. The minimum Gasteiger partial charge on any atom is -0.349 e. The van der Waals surface area contributed by atoms with Gasteiger partial charge in [0.05, 0.1) is 28.0 Å². The summed E-state index contributed by atoms with van der Waals surface area (Å²) in [5.74, 6) is 1.04. The molecule has 9 nitrogen and oxygen atoms in total. The monoisotopic (exact) mass is 519 g/mol. The summed E-state index contributed by atoms with van der Waals surface area (Å²) in [6, 6.07) is 4.42. The fourth-order valence-electron chi connectivity index (χ4n) is 3.87. The van der Waals surface area contributed by atoms with Crippen LogP contribution in [0, 0.1) is 12.3 Å². The molecule has 0 saturated heterocycles. The maximum Gasteiger partial charge on any atom is 0.435 e. The van der Waals surface area contributed by atoms with Crippen molar-refractivity contribution in [3.05, 3.63) is 52.7 Å². The highest BCUT2D eigenvalue weighted by atomic mass is 35.5. The Bertz CT molecular complexity index is 1370. The molecule has 1 aliphatic carbocycles. The molecule has 0 radical (unpaired) electrons. The molecule has 1 fully saturated rings. The minimum atomic E-state index is -4.74. The number of imidazole rings is 1. The molecule has 1 saturated carbocycles. The molecule has 1 aromatic carbocycles. The zero-order chi connectivity index (χ0) is 26.2. The van der Waals surface area contributed by atoms with Crippen LogP contribution in [0.3, 0.4) is 0 Å². The second-order valence-electron chi connectivity index (χ2n) is 8.37. The van der Waals surface area contributed by atoms with E-state index in [-0.39, 0.29) is 57.9 Å². The fraction of sp³-hybridized carbons (Fsp3) is 0.304. The Morgan fingerprint density at radius 3 is 2.64 bits per heavy atom. The SMILES string of the molecule is C#CCn1cc(-c2cnc(C(=O)Nc3ccc(C(=O)N[C@H]4C[C@@H](N)C4)c(Cl)c3)n2C)c(C(F)(F)F)n1. The van der Waals surface area contributed by atoms with Crippen LogP contribution in [-0.4, -0.2) is 43.2 Å². The molecular formula is C23H21ClF3N7O2. The second-order valence-corrected chi connectivity index (χ2v) is 8.77. The number of benzene rings is 1. The van der Waals surface area contributed by atoms with Gasteiger partial charge in [0.15, 0.2) is 11.5 Å². The van der Waals surface area contributed by atoms with Gasteiger partial charge in [-0.3, -0.25) is 14.3 Å². The van der Waals surface area contributed by atoms with E-state index in [0.717, 1.165) is 17.1 Å². The first kappa shape index (κ1) is 25.3. The number of halogens is 4. The summed E-state index contributed by atoms with van der Waals surface area (Å²) in [7, 11) is 1.41. The summed E-state index contributed by atoms with van der Waals surface area (Å²) >= 11 is 6.24. The molecular weight excluding hydrogens is 499 g/mol. The highest BCUT2D eigenvalue weighted by Gasteiger charge is 2.38. The van der Waals surface area contributed by atoms with Gasteiger partial charge in [0.1, 0.15) is 6.54 Å². The van der Waals surface area contributed by atoms with Crippen molar-refractivity contribution in [2.45, 2.75) is 37.6 Å². The quantitative estimate of drug-likeness (QED) is 0.432. The predicted molar refractivity (Wildman–Crippen MR) is 126 cm³/mol. The number of amides is 2. The number of nitrogens with zero attached hydrogens (tertiary/aromatic N) is 4. The van der Waals surface area contributed by atoms with Crippen molar-refractivity contribution >= 4 is 29.1 Å². The third-order valence-corrected chi connectivity index (χ3v) is 6.04. The molecule has 0 unspecified atom stereocenters. The lowest BCUT2D eigenvalue weighted by molar-refractivity contribution is -0.141. The van der Waals surface area contributed by atoms with Crippen LogP contribution in [0.1, 0.15) is 39.5 Å². The van der Waals surface area contributed by atoms with Crippen LogP contribution in [0.4, 0.5) is 18.9 Å². The summed E-state index contributed by atoms with van der Waals surface area (Å²) in [6.45, 7) is -0.156. The Kier molecular flexibility index (Phi) is 6.79. The van der Waals surface area contributed by atoms with E-state index in [1.54, 1.807) is 0 Å². The number of nitrogens with one attached hydrogen (secondary N) is 2. The highest BCUT2D eigenvalue weighted by Crippen LogP contribution is 2.36. The van der Waals surface area contributed by atoms with Gasteiger partial charge in [-0.15, -0.1) is 6.42 Å². The third-order valence-electron chi connectivity index (χ3n) is 5.73. The van der Waals surface area contributed by atoms with Crippen molar-refractivity contribution in [3.8, 4) is 23.6 Å². The summed E-state index contributed by atoms with van der Waals surface area (Å²) in [6.07, 6.45) is 4.14.